The molecule has 0 radical (unpaired) electrons. The van der Waals surface area contributed by atoms with Gasteiger partial charge < -0.3 is 9.84 Å². The van der Waals surface area contributed by atoms with Crippen molar-refractivity contribution < 1.29 is 14.6 Å². The average Bonchev–Trinajstić information content (AvgIpc) is 2.69. The Balaban J connectivity index is 1.76. The largest absolute Gasteiger partial charge is 0.457 e. The summed E-state index contributed by atoms with van der Waals surface area (Å²) in [6.07, 6.45) is 1.56. The molecule has 1 aromatic heterocycles. The molecule has 0 saturated heterocycles. The Morgan fingerprint density at radius 2 is 1.69 bits per heavy atom. The zero-order valence-corrected chi connectivity index (χ0v) is 13.8. The van der Waals surface area contributed by atoms with E-state index in [1.54, 1.807) is 48.5 Å². The number of nitrogens with zero attached hydrogens (tertiary/aromatic N) is 3. The number of rotatable bonds is 6. The fourth-order valence-electron chi connectivity index (χ4n) is 2.29. The van der Waals surface area contributed by atoms with Gasteiger partial charge in [-0.1, -0.05) is 0 Å². The smallest absolute Gasteiger partial charge is 0.183 e. The quantitative estimate of drug-likeness (QED) is 0.688. The number of aromatic nitrogens is 2. The van der Waals surface area contributed by atoms with Crippen molar-refractivity contribution in [2.24, 2.45) is 0 Å². The lowest BCUT2D eigenvalue weighted by molar-refractivity contribution is 0.0951. The first-order valence-electron chi connectivity index (χ1n) is 7.95. The Hall–Kier alpha value is -3.56. The Bertz CT molecular complexity index is 945. The molecule has 1 N–H and O–H groups in total. The molecule has 0 saturated carbocycles. The predicted octanol–water partition coefficient (Wildman–Crippen LogP) is 3.37. The summed E-state index contributed by atoms with van der Waals surface area (Å²) in [5.41, 5.74) is 1.60. The van der Waals surface area contributed by atoms with Crippen LogP contribution < -0.4 is 4.74 Å². The van der Waals surface area contributed by atoms with Crippen molar-refractivity contribution in [3.63, 3.8) is 0 Å². The van der Waals surface area contributed by atoms with Crippen molar-refractivity contribution >= 4 is 5.78 Å². The molecule has 1 heterocycles. The lowest BCUT2D eigenvalue weighted by Crippen LogP contribution is -2.05. The van der Waals surface area contributed by atoms with Crippen LogP contribution in [-0.4, -0.2) is 27.5 Å². The lowest BCUT2D eigenvalue weighted by Gasteiger charge is -2.07. The molecular weight excluding hydrogens is 330 g/mol. The van der Waals surface area contributed by atoms with Gasteiger partial charge in [0.1, 0.15) is 17.2 Å². The van der Waals surface area contributed by atoms with Crippen LogP contribution >= 0.6 is 0 Å². The molecule has 6 heteroatoms. The van der Waals surface area contributed by atoms with Crippen LogP contribution in [0.15, 0.2) is 60.8 Å². The number of Topliss-reactive ketones (excluding diaryl/α,β-unsaturated/α-hetero) is 1. The molecule has 0 bridgehead atoms. The van der Waals surface area contributed by atoms with Crippen LogP contribution in [0, 0.1) is 11.3 Å². The molecule has 0 aliphatic carbocycles. The zero-order chi connectivity index (χ0) is 18.4. The maximum atomic E-state index is 11.8. The number of aliphatic hydroxyl groups excluding tert-OH is 1. The monoisotopic (exact) mass is 345 g/mol. The maximum Gasteiger partial charge on any atom is 0.183 e. The van der Waals surface area contributed by atoms with Crippen LogP contribution in [0.3, 0.4) is 0 Å². The van der Waals surface area contributed by atoms with Crippen molar-refractivity contribution in [3.05, 3.63) is 72.1 Å². The van der Waals surface area contributed by atoms with Gasteiger partial charge in [0.05, 0.1) is 18.2 Å². The van der Waals surface area contributed by atoms with E-state index < -0.39 is 0 Å². The minimum absolute atomic E-state index is 0.0355. The molecule has 3 aromatic rings. The summed E-state index contributed by atoms with van der Waals surface area (Å²) in [5.74, 6) is 1.46. The topological polar surface area (TPSA) is 96.1 Å². The number of benzene rings is 2. The summed E-state index contributed by atoms with van der Waals surface area (Å²) < 4.78 is 5.73. The van der Waals surface area contributed by atoms with Gasteiger partial charge in [-0.25, -0.2) is 9.97 Å². The second-order valence-electron chi connectivity index (χ2n) is 5.42. The third-order valence-corrected chi connectivity index (χ3v) is 3.61. The number of ketones is 1. The zero-order valence-electron chi connectivity index (χ0n) is 13.8. The number of aliphatic hydroxyl groups is 1. The molecular formula is C20H15N3O3. The molecule has 26 heavy (non-hydrogen) atoms. The van der Waals surface area contributed by atoms with Crippen LogP contribution in [0.1, 0.15) is 22.5 Å². The average molecular weight is 345 g/mol. The van der Waals surface area contributed by atoms with E-state index in [9.17, 15) is 4.79 Å². The molecule has 2 aromatic carbocycles. The molecule has 0 fully saturated rings. The Kier molecular flexibility index (Phi) is 5.32. The van der Waals surface area contributed by atoms with E-state index in [4.69, 9.17) is 15.1 Å². The first-order chi connectivity index (χ1) is 12.7. The molecule has 6 nitrogen and oxygen atoms in total. The molecule has 0 spiro atoms. The second kappa shape index (κ2) is 8.01. The minimum atomic E-state index is -0.225. The van der Waals surface area contributed by atoms with E-state index in [0.717, 1.165) is 5.56 Å². The fraction of sp³-hybridized carbons (Fsp3) is 0.100. The van der Waals surface area contributed by atoms with Crippen LogP contribution in [0.4, 0.5) is 0 Å². The van der Waals surface area contributed by atoms with E-state index in [0.29, 0.717) is 22.9 Å². The molecule has 0 amide bonds. The maximum absolute atomic E-state index is 11.8. The van der Waals surface area contributed by atoms with Gasteiger partial charge in [-0.2, -0.15) is 5.26 Å². The number of carbonyl (C=O) groups excluding carboxylic acids is 1. The number of nitriles is 1. The highest BCUT2D eigenvalue weighted by Gasteiger charge is 2.09. The first kappa shape index (κ1) is 17.3. The van der Waals surface area contributed by atoms with Crippen molar-refractivity contribution in [2.75, 3.05) is 6.61 Å². The minimum Gasteiger partial charge on any atom is -0.457 e. The van der Waals surface area contributed by atoms with E-state index in [2.05, 4.69) is 16.0 Å². The van der Waals surface area contributed by atoms with Crippen molar-refractivity contribution in [1.82, 2.24) is 9.97 Å². The number of carbonyl (C=O) groups is 1. The van der Waals surface area contributed by atoms with Gasteiger partial charge in [0, 0.05) is 18.2 Å². The number of ether oxygens (including phenoxy) is 1. The summed E-state index contributed by atoms with van der Waals surface area (Å²) in [7, 11) is 0. The summed E-state index contributed by atoms with van der Waals surface area (Å²) in [6, 6.07) is 17.6. The fourth-order valence-corrected chi connectivity index (χ4v) is 2.29. The van der Waals surface area contributed by atoms with E-state index in [1.165, 1.54) is 12.3 Å². The van der Waals surface area contributed by atoms with Gasteiger partial charge in [-0.05, 0) is 54.6 Å². The number of hydrogen-bond donors (Lipinski definition) is 1. The van der Waals surface area contributed by atoms with Gasteiger partial charge in [0.15, 0.2) is 11.6 Å². The van der Waals surface area contributed by atoms with Gasteiger partial charge in [-0.3, -0.25) is 4.79 Å². The van der Waals surface area contributed by atoms with Crippen molar-refractivity contribution in [3.8, 4) is 29.0 Å². The Morgan fingerprint density at radius 1 is 1.04 bits per heavy atom. The SMILES string of the molecule is N#Cc1ccc(Oc2ccc(-c3nccc(C(=O)CCO)n3)cc2)cc1. The highest BCUT2D eigenvalue weighted by molar-refractivity contribution is 5.94. The molecule has 0 aliphatic heterocycles. The standard InChI is InChI=1S/C20H15N3O3/c21-13-14-1-5-16(6-2-14)26-17-7-3-15(4-8-17)20-22-11-9-18(23-20)19(25)10-12-24/h1-9,11,24H,10,12H2. The third-order valence-electron chi connectivity index (χ3n) is 3.61. The normalized spacial score (nSPS) is 10.2. The van der Waals surface area contributed by atoms with Gasteiger partial charge in [-0.15, -0.1) is 0 Å². The molecule has 0 atom stereocenters. The summed E-state index contributed by atoms with van der Waals surface area (Å²) >= 11 is 0. The van der Waals surface area contributed by atoms with E-state index in [1.807, 2.05) is 0 Å². The third kappa shape index (κ3) is 4.09. The summed E-state index contributed by atoms with van der Waals surface area (Å²) in [5, 5.41) is 17.7. The predicted molar refractivity (Wildman–Crippen MR) is 94.7 cm³/mol. The summed E-state index contributed by atoms with van der Waals surface area (Å²) in [6.45, 7) is -0.209. The van der Waals surface area contributed by atoms with Crippen LogP contribution in [0.5, 0.6) is 11.5 Å². The van der Waals surface area contributed by atoms with Crippen LogP contribution in [-0.2, 0) is 0 Å². The lowest BCUT2D eigenvalue weighted by atomic mass is 10.1. The second-order valence-corrected chi connectivity index (χ2v) is 5.42. The van der Waals surface area contributed by atoms with Gasteiger partial charge in [0.25, 0.3) is 0 Å². The summed E-state index contributed by atoms with van der Waals surface area (Å²) in [4.78, 5) is 20.3. The van der Waals surface area contributed by atoms with Gasteiger partial charge >= 0.3 is 0 Å². The Morgan fingerprint density at radius 3 is 2.31 bits per heavy atom. The number of hydrogen-bond acceptors (Lipinski definition) is 6. The highest BCUT2D eigenvalue weighted by atomic mass is 16.5. The van der Waals surface area contributed by atoms with Crippen molar-refractivity contribution in [1.29, 1.82) is 5.26 Å². The van der Waals surface area contributed by atoms with Crippen molar-refractivity contribution in [2.45, 2.75) is 6.42 Å². The molecule has 128 valence electrons. The van der Waals surface area contributed by atoms with Crippen LogP contribution in [0.2, 0.25) is 0 Å². The Labute approximate surface area is 150 Å². The molecule has 3 rings (SSSR count). The van der Waals surface area contributed by atoms with E-state index in [-0.39, 0.29) is 24.5 Å². The first-order valence-corrected chi connectivity index (χ1v) is 7.95. The van der Waals surface area contributed by atoms with E-state index >= 15 is 0 Å². The molecule has 0 unspecified atom stereocenters. The van der Waals surface area contributed by atoms with Gasteiger partial charge in [0.2, 0.25) is 0 Å². The highest BCUT2D eigenvalue weighted by Crippen LogP contribution is 2.24. The molecule has 0 aliphatic rings. The van der Waals surface area contributed by atoms with Crippen LogP contribution in [0.25, 0.3) is 11.4 Å².